The fourth-order valence-corrected chi connectivity index (χ4v) is 1.66. The molecule has 72 valence electrons. The second-order valence-electron chi connectivity index (χ2n) is 4.29. The van der Waals surface area contributed by atoms with Crippen molar-refractivity contribution in [3.63, 3.8) is 0 Å². The van der Waals surface area contributed by atoms with Crippen LogP contribution in [0.15, 0.2) is 0 Å². The molecule has 1 rings (SSSR count). The molecule has 0 aliphatic heterocycles. The molecule has 1 aliphatic carbocycles. The van der Waals surface area contributed by atoms with Gasteiger partial charge < -0.3 is 5.32 Å². The van der Waals surface area contributed by atoms with Gasteiger partial charge >= 0.3 is 0 Å². The lowest BCUT2D eigenvalue weighted by Crippen LogP contribution is -2.28. The van der Waals surface area contributed by atoms with Crippen molar-refractivity contribution in [2.24, 2.45) is 17.3 Å². The molecule has 0 radical (unpaired) electrons. The van der Waals surface area contributed by atoms with Gasteiger partial charge in [-0.05, 0) is 17.8 Å². The van der Waals surface area contributed by atoms with Gasteiger partial charge in [0, 0.05) is 5.92 Å². The number of carbonyl (C=O) groups excluding carboxylic acids is 1. The zero-order chi connectivity index (χ0) is 10.1. The van der Waals surface area contributed by atoms with Crippen molar-refractivity contribution in [3.05, 3.63) is 0 Å². The number of nitrogens with one attached hydrogen (secondary N) is 1. The first-order chi connectivity index (χ1) is 6.02. The summed E-state index contributed by atoms with van der Waals surface area (Å²) in [5.74, 6) is 0.698. The van der Waals surface area contributed by atoms with Crippen LogP contribution in [0, 0.1) is 28.6 Å². The van der Waals surface area contributed by atoms with Gasteiger partial charge in [0.05, 0.1) is 6.07 Å². The molecular formula is C10H16N2O. The van der Waals surface area contributed by atoms with Crippen molar-refractivity contribution in [2.45, 2.75) is 27.2 Å². The molecule has 2 unspecified atom stereocenters. The molecule has 0 aromatic heterocycles. The molecule has 13 heavy (non-hydrogen) atoms. The van der Waals surface area contributed by atoms with E-state index >= 15 is 0 Å². The highest BCUT2D eigenvalue weighted by Crippen LogP contribution is 2.57. The van der Waals surface area contributed by atoms with Crippen LogP contribution in [0.2, 0.25) is 0 Å². The van der Waals surface area contributed by atoms with Crippen molar-refractivity contribution in [3.8, 4) is 6.07 Å². The average Bonchev–Trinajstić information content (AvgIpc) is 2.75. The molecule has 1 fully saturated rings. The summed E-state index contributed by atoms with van der Waals surface area (Å²) in [6, 6.07) is 1.91. The van der Waals surface area contributed by atoms with Gasteiger partial charge in [-0.15, -0.1) is 0 Å². The van der Waals surface area contributed by atoms with Gasteiger partial charge in [0.1, 0.15) is 6.54 Å². The third-order valence-corrected chi connectivity index (χ3v) is 3.26. The Morgan fingerprint density at radius 3 is 2.77 bits per heavy atom. The Morgan fingerprint density at radius 1 is 1.77 bits per heavy atom. The van der Waals surface area contributed by atoms with E-state index in [0.29, 0.717) is 5.92 Å². The highest BCUT2D eigenvalue weighted by molar-refractivity contribution is 5.82. The average molecular weight is 180 g/mol. The van der Waals surface area contributed by atoms with Crippen LogP contribution in [-0.4, -0.2) is 12.5 Å². The number of nitriles is 1. The van der Waals surface area contributed by atoms with Crippen LogP contribution in [0.5, 0.6) is 0 Å². The third kappa shape index (κ3) is 1.82. The Morgan fingerprint density at radius 2 is 2.38 bits per heavy atom. The molecule has 3 nitrogen and oxygen atoms in total. The number of hydrogen-bond donors (Lipinski definition) is 1. The molecule has 1 amide bonds. The predicted octanol–water partition coefficient (Wildman–Crippen LogP) is 1.31. The highest BCUT2D eigenvalue weighted by atomic mass is 16.2. The van der Waals surface area contributed by atoms with E-state index in [1.54, 1.807) is 0 Å². The largest absolute Gasteiger partial charge is 0.343 e. The second kappa shape index (κ2) is 3.37. The SMILES string of the molecule is CC(C)C1(C)CC1C(=O)NCC#N. The lowest BCUT2D eigenvalue weighted by molar-refractivity contribution is -0.123. The van der Waals surface area contributed by atoms with Crippen LogP contribution in [0.3, 0.4) is 0 Å². The molecule has 3 heteroatoms. The Hall–Kier alpha value is -1.04. The number of hydrogen-bond acceptors (Lipinski definition) is 2. The zero-order valence-electron chi connectivity index (χ0n) is 8.42. The molecule has 0 aromatic carbocycles. The molecule has 0 aromatic rings. The van der Waals surface area contributed by atoms with Crippen molar-refractivity contribution in [1.82, 2.24) is 5.32 Å². The van der Waals surface area contributed by atoms with E-state index in [1.165, 1.54) is 0 Å². The van der Waals surface area contributed by atoms with Gasteiger partial charge in [-0.1, -0.05) is 20.8 Å². The van der Waals surface area contributed by atoms with Crippen LogP contribution in [0.1, 0.15) is 27.2 Å². The first-order valence-corrected chi connectivity index (χ1v) is 4.67. The van der Waals surface area contributed by atoms with Gasteiger partial charge in [-0.25, -0.2) is 0 Å². The van der Waals surface area contributed by atoms with Crippen molar-refractivity contribution < 1.29 is 4.79 Å². The van der Waals surface area contributed by atoms with Gasteiger partial charge in [-0.2, -0.15) is 5.26 Å². The summed E-state index contributed by atoms with van der Waals surface area (Å²) in [6.07, 6.45) is 0.960. The van der Waals surface area contributed by atoms with Crippen LogP contribution >= 0.6 is 0 Å². The van der Waals surface area contributed by atoms with E-state index in [1.807, 2.05) is 6.07 Å². The standard InChI is InChI=1S/C10H16N2O/c1-7(2)10(3)6-8(10)9(13)12-5-4-11/h7-8H,5-6H2,1-3H3,(H,12,13). The Bertz CT molecular complexity index is 254. The number of rotatable bonds is 3. The summed E-state index contributed by atoms with van der Waals surface area (Å²) < 4.78 is 0. The number of amides is 1. The van der Waals surface area contributed by atoms with Crippen LogP contribution in [0.4, 0.5) is 0 Å². The van der Waals surface area contributed by atoms with Gasteiger partial charge in [0.25, 0.3) is 0 Å². The summed E-state index contributed by atoms with van der Waals surface area (Å²) in [5, 5.41) is 10.9. The quantitative estimate of drug-likeness (QED) is 0.666. The van der Waals surface area contributed by atoms with E-state index < -0.39 is 0 Å². The molecule has 0 bridgehead atoms. The van der Waals surface area contributed by atoms with Crippen molar-refractivity contribution in [2.75, 3.05) is 6.54 Å². The minimum atomic E-state index is 0.0396. The normalized spacial score (nSPS) is 31.2. The van der Waals surface area contributed by atoms with Crippen molar-refractivity contribution >= 4 is 5.91 Å². The van der Waals surface area contributed by atoms with Crippen LogP contribution in [0.25, 0.3) is 0 Å². The maximum Gasteiger partial charge on any atom is 0.224 e. The molecule has 1 aliphatic rings. The summed E-state index contributed by atoms with van der Waals surface area (Å²) >= 11 is 0. The zero-order valence-corrected chi connectivity index (χ0v) is 8.42. The Balaban J connectivity index is 2.42. The van der Waals surface area contributed by atoms with Gasteiger partial charge in [-0.3, -0.25) is 4.79 Å². The Kier molecular flexibility index (Phi) is 2.60. The number of nitrogens with zero attached hydrogens (tertiary/aromatic N) is 1. The summed E-state index contributed by atoms with van der Waals surface area (Å²) in [5.41, 5.74) is 0.166. The minimum Gasteiger partial charge on any atom is -0.343 e. The monoisotopic (exact) mass is 180 g/mol. The van der Waals surface area contributed by atoms with E-state index in [-0.39, 0.29) is 23.8 Å². The maximum absolute atomic E-state index is 11.4. The third-order valence-electron chi connectivity index (χ3n) is 3.26. The molecule has 0 spiro atoms. The lowest BCUT2D eigenvalue weighted by Gasteiger charge is -2.14. The minimum absolute atomic E-state index is 0.0396. The second-order valence-corrected chi connectivity index (χ2v) is 4.29. The van der Waals surface area contributed by atoms with E-state index in [0.717, 1.165) is 6.42 Å². The van der Waals surface area contributed by atoms with E-state index in [2.05, 4.69) is 26.1 Å². The molecule has 0 heterocycles. The fourth-order valence-electron chi connectivity index (χ4n) is 1.66. The molecule has 0 saturated heterocycles. The first-order valence-electron chi connectivity index (χ1n) is 4.67. The van der Waals surface area contributed by atoms with Crippen LogP contribution in [-0.2, 0) is 4.79 Å². The van der Waals surface area contributed by atoms with Crippen LogP contribution < -0.4 is 5.32 Å². The maximum atomic E-state index is 11.4. The van der Waals surface area contributed by atoms with Gasteiger partial charge in [0.15, 0.2) is 0 Å². The number of carbonyl (C=O) groups is 1. The van der Waals surface area contributed by atoms with Crippen molar-refractivity contribution in [1.29, 1.82) is 5.26 Å². The summed E-state index contributed by atoms with van der Waals surface area (Å²) in [4.78, 5) is 11.4. The summed E-state index contributed by atoms with van der Waals surface area (Å²) in [6.45, 7) is 6.53. The lowest BCUT2D eigenvalue weighted by atomic mass is 9.92. The molecular weight excluding hydrogens is 164 g/mol. The Labute approximate surface area is 79.1 Å². The smallest absolute Gasteiger partial charge is 0.224 e. The topological polar surface area (TPSA) is 52.9 Å². The highest BCUT2D eigenvalue weighted by Gasteiger charge is 2.55. The predicted molar refractivity (Wildman–Crippen MR) is 49.7 cm³/mol. The van der Waals surface area contributed by atoms with E-state index in [4.69, 9.17) is 5.26 Å². The summed E-state index contributed by atoms with van der Waals surface area (Å²) in [7, 11) is 0. The molecule has 1 saturated carbocycles. The molecule has 1 N–H and O–H groups in total. The first kappa shape index (κ1) is 10.0. The fraction of sp³-hybridized carbons (Fsp3) is 0.800. The molecule has 2 atom stereocenters. The van der Waals surface area contributed by atoms with E-state index in [9.17, 15) is 4.79 Å². The van der Waals surface area contributed by atoms with Gasteiger partial charge in [0.2, 0.25) is 5.91 Å².